The van der Waals surface area contributed by atoms with E-state index >= 15 is 0 Å². The Morgan fingerprint density at radius 2 is 1.84 bits per heavy atom. The lowest BCUT2D eigenvalue weighted by Crippen LogP contribution is -2.36. The molecule has 0 spiro atoms. The maximum Gasteiger partial charge on any atom is 0.307 e. The third kappa shape index (κ3) is 4.82. The number of aliphatic carboxylic acids is 1. The number of nitrogens with one attached hydrogen (secondary N) is 2. The smallest absolute Gasteiger partial charge is 0.307 e. The van der Waals surface area contributed by atoms with E-state index in [1.165, 1.54) is 0 Å². The molecule has 1 aliphatic rings. The molecular formula is C14H26N2O3. The van der Waals surface area contributed by atoms with E-state index in [2.05, 4.69) is 17.6 Å². The van der Waals surface area contributed by atoms with Gasteiger partial charge in [0.25, 0.3) is 0 Å². The van der Waals surface area contributed by atoms with Crippen molar-refractivity contribution in [1.82, 2.24) is 10.6 Å². The van der Waals surface area contributed by atoms with Gasteiger partial charge in [-0.25, -0.2) is 0 Å². The number of carbonyl (C=O) groups excluding carboxylic acids is 1. The molecule has 0 saturated heterocycles. The number of rotatable bonds is 8. The summed E-state index contributed by atoms with van der Waals surface area (Å²) in [5, 5.41) is 15.3. The molecule has 3 atom stereocenters. The standard InChI is InChI=1S/C14H26N2O3/c1-3-10-8-11(12(9-10)14(18)19)13(17)16-7-5-6-15-4-2/h10-12,15H,3-9H2,1-2H3,(H,16,17)(H,18,19)/t10?,11-,12+/m0/s1. The highest BCUT2D eigenvalue weighted by Gasteiger charge is 2.41. The van der Waals surface area contributed by atoms with Gasteiger partial charge in [0.05, 0.1) is 11.8 Å². The summed E-state index contributed by atoms with van der Waals surface area (Å²) < 4.78 is 0. The predicted molar refractivity (Wildman–Crippen MR) is 73.8 cm³/mol. The number of amides is 1. The molecule has 5 heteroatoms. The minimum absolute atomic E-state index is 0.0835. The molecule has 1 aliphatic carbocycles. The van der Waals surface area contributed by atoms with Crippen molar-refractivity contribution in [2.24, 2.45) is 17.8 Å². The van der Waals surface area contributed by atoms with Crippen LogP contribution in [0.5, 0.6) is 0 Å². The summed E-state index contributed by atoms with van der Waals surface area (Å²) in [5.74, 6) is -1.39. The Kier molecular flexibility index (Phi) is 6.84. The van der Waals surface area contributed by atoms with Crippen molar-refractivity contribution >= 4 is 11.9 Å². The number of carboxylic acid groups (broad SMARTS) is 1. The molecule has 0 heterocycles. The molecule has 0 aromatic carbocycles. The maximum atomic E-state index is 12.1. The normalized spacial score (nSPS) is 26.3. The topological polar surface area (TPSA) is 78.4 Å². The molecule has 1 rings (SSSR count). The molecule has 0 aromatic rings. The molecule has 1 fully saturated rings. The molecule has 3 N–H and O–H groups in total. The van der Waals surface area contributed by atoms with Gasteiger partial charge in [-0.3, -0.25) is 9.59 Å². The molecule has 1 amide bonds. The zero-order valence-electron chi connectivity index (χ0n) is 11.9. The molecule has 5 nitrogen and oxygen atoms in total. The molecule has 0 aliphatic heterocycles. The minimum atomic E-state index is -0.830. The number of hydrogen-bond donors (Lipinski definition) is 3. The van der Waals surface area contributed by atoms with Gasteiger partial charge in [-0.15, -0.1) is 0 Å². The summed E-state index contributed by atoms with van der Waals surface area (Å²) in [7, 11) is 0. The number of carboxylic acids is 1. The van der Waals surface area contributed by atoms with Crippen LogP contribution < -0.4 is 10.6 Å². The molecule has 0 aromatic heterocycles. The summed E-state index contributed by atoms with van der Waals surface area (Å²) in [6.07, 6.45) is 3.18. The van der Waals surface area contributed by atoms with E-state index in [4.69, 9.17) is 0 Å². The Morgan fingerprint density at radius 1 is 1.16 bits per heavy atom. The van der Waals surface area contributed by atoms with Gasteiger partial charge in [-0.2, -0.15) is 0 Å². The van der Waals surface area contributed by atoms with E-state index in [-0.39, 0.29) is 11.8 Å². The van der Waals surface area contributed by atoms with Crippen LogP contribution >= 0.6 is 0 Å². The van der Waals surface area contributed by atoms with Gasteiger partial charge in [0, 0.05) is 6.54 Å². The van der Waals surface area contributed by atoms with Crippen LogP contribution in [-0.4, -0.2) is 36.6 Å². The molecule has 1 unspecified atom stereocenters. The zero-order chi connectivity index (χ0) is 14.3. The summed E-state index contributed by atoms with van der Waals surface area (Å²) in [4.78, 5) is 23.3. The summed E-state index contributed by atoms with van der Waals surface area (Å²) in [5.41, 5.74) is 0. The first-order chi connectivity index (χ1) is 9.10. The zero-order valence-corrected chi connectivity index (χ0v) is 11.9. The van der Waals surface area contributed by atoms with Gasteiger partial charge in [-0.1, -0.05) is 20.3 Å². The first-order valence-corrected chi connectivity index (χ1v) is 7.31. The Bertz CT molecular complexity index is 307. The highest BCUT2D eigenvalue weighted by atomic mass is 16.4. The second-order valence-electron chi connectivity index (χ2n) is 5.30. The monoisotopic (exact) mass is 270 g/mol. The van der Waals surface area contributed by atoms with Gasteiger partial charge < -0.3 is 15.7 Å². The van der Waals surface area contributed by atoms with E-state index in [9.17, 15) is 14.7 Å². The summed E-state index contributed by atoms with van der Waals surface area (Å²) in [6, 6.07) is 0. The first kappa shape index (κ1) is 16.0. The highest BCUT2D eigenvalue weighted by Crippen LogP contribution is 2.38. The van der Waals surface area contributed by atoms with Gasteiger partial charge in [-0.05, 0) is 38.3 Å². The van der Waals surface area contributed by atoms with Crippen LogP contribution in [0, 0.1) is 17.8 Å². The second kappa shape index (κ2) is 8.15. The van der Waals surface area contributed by atoms with Gasteiger partial charge in [0.2, 0.25) is 5.91 Å². The van der Waals surface area contributed by atoms with E-state index in [0.717, 1.165) is 25.9 Å². The van der Waals surface area contributed by atoms with Crippen LogP contribution in [0.3, 0.4) is 0 Å². The van der Waals surface area contributed by atoms with Crippen LogP contribution in [0.25, 0.3) is 0 Å². The second-order valence-corrected chi connectivity index (χ2v) is 5.30. The van der Waals surface area contributed by atoms with E-state index in [0.29, 0.717) is 25.3 Å². The highest BCUT2D eigenvalue weighted by molar-refractivity contribution is 5.85. The lowest BCUT2D eigenvalue weighted by molar-refractivity contribution is -0.146. The van der Waals surface area contributed by atoms with Crippen LogP contribution in [0.4, 0.5) is 0 Å². The van der Waals surface area contributed by atoms with Crippen LogP contribution in [0.2, 0.25) is 0 Å². The summed E-state index contributed by atoms with van der Waals surface area (Å²) >= 11 is 0. The predicted octanol–water partition coefficient (Wildman–Crippen LogP) is 1.24. The van der Waals surface area contributed by atoms with E-state index in [1.54, 1.807) is 0 Å². The maximum absolute atomic E-state index is 12.1. The van der Waals surface area contributed by atoms with Crippen LogP contribution in [0.15, 0.2) is 0 Å². The Morgan fingerprint density at radius 3 is 2.42 bits per heavy atom. The van der Waals surface area contributed by atoms with Crippen molar-refractivity contribution in [2.75, 3.05) is 19.6 Å². The minimum Gasteiger partial charge on any atom is -0.481 e. The fraction of sp³-hybridized carbons (Fsp3) is 0.857. The van der Waals surface area contributed by atoms with Crippen LogP contribution in [-0.2, 0) is 9.59 Å². The van der Waals surface area contributed by atoms with Crippen molar-refractivity contribution in [1.29, 1.82) is 0 Å². The number of hydrogen-bond acceptors (Lipinski definition) is 3. The molecule has 0 bridgehead atoms. The lowest BCUT2D eigenvalue weighted by atomic mass is 9.95. The third-order valence-corrected chi connectivity index (χ3v) is 3.97. The number of carbonyl (C=O) groups is 2. The van der Waals surface area contributed by atoms with Gasteiger partial charge >= 0.3 is 5.97 Å². The van der Waals surface area contributed by atoms with Crippen molar-refractivity contribution in [3.63, 3.8) is 0 Å². The van der Waals surface area contributed by atoms with Gasteiger partial charge in [0.15, 0.2) is 0 Å². The average molecular weight is 270 g/mol. The van der Waals surface area contributed by atoms with E-state index in [1.807, 2.05) is 6.92 Å². The van der Waals surface area contributed by atoms with Crippen molar-refractivity contribution in [3.05, 3.63) is 0 Å². The Balaban J connectivity index is 2.39. The fourth-order valence-electron chi connectivity index (χ4n) is 2.77. The lowest BCUT2D eigenvalue weighted by Gasteiger charge is -2.15. The quantitative estimate of drug-likeness (QED) is 0.580. The molecular weight excluding hydrogens is 244 g/mol. The van der Waals surface area contributed by atoms with E-state index < -0.39 is 11.9 Å². The molecule has 0 radical (unpaired) electrons. The van der Waals surface area contributed by atoms with Gasteiger partial charge in [0.1, 0.15) is 0 Å². The van der Waals surface area contributed by atoms with Crippen LogP contribution in [0.1, 0.15) is 39.5 Å². The molecule has 19 heavy (non-hydrogen) atoms. The third-order valence-electron chi connectivity index (χ3n) is 3.97. The molecule has 110 valence electrons. The fourth-order valence-corrected chi connectivity index (χ4v) is 2.77. The molecule has 1 saturated carbocycles. The summed E-state index contributed by atoms with van der Waals surface area (Å²) in [6.45, 7) is 6.52. The largest absolute Gasteiger partial charge is 0.481 e. The first-order valence-electron chi connectivity index (χ1n) is 7.31. The SMILES string of the molecule is CCNCCCNC(=O)[C@H]1CC(CC)C[C@H]1C(=O)O. The Labute approximate surface area is 115 Å². The van der Waals surface area contributed by atoms with Crippen molar-refractivity contribution in [3.8, 4) is 0 Å². The average Bonchev–Trinajstić information content (AvgIpc) is 2.82. The van der Waals surface area contributed by atoms with Crippen molar-refractivity contribution in [2.45, 2.75) is 39.5 Å². The van der Waals surface area contributed by atoms with Crippen molar-refractivity contribution < 1.29 is 14.7 Å². The Hall–Kier alpha value is -1.10.